The number of ether oxygens (including phenoxy) is 1. The van der Waals surface area contributed by atoms with Crippen LogP contribution >= 0.6 is 0 Å². The smallest absolute Gasteiger partial charge is 0.163 e. The molecule has 0 aliphatic heterocycles. The zero-order valence-corrected chi connectivity index (χ0v) is 20.1. The van der Waals surface area contributed by atoms with Crippen molar-refractivity contribution < 1.29 is 14.3 Å². The highest BCUT2D eigenvalue weighted by molar-refractivity contribution is 5.97. The summed E-state index contributed by atoms with van der Waals surface area (Å²) in [5.74, 6) is 1.54. The van der Waals surface area contributed by atoms with Gasteiger partial charge in [-0.15, -0.1) is 0 Å². The number of aromatic nitrogens is 1. The number of pyridine rings is 1. The number of carbonyl (C=O) groups excluding carboxylic acids is 2. The molecule has 0 fully saturated rings. The van der Waals surface area contributed by atoms with Gasteiger partial charge in [-0.2, -0.15) is 0 Å². The fourth-order valence-corrected chi connectivity index (χ4v) is 3.47. The number of rotatable bonds is 9. The Morgan fingerprint density at radius 1 is 0.857 bits per heavy atom. The molecule has 4 rings (SSSR count). The van der Waals surface area contributed by atoms with Crippen LogP contribution in [0.25, 0.3) is 22.4 Å². The molecule has 0 aliphatic carbocycles. The van der Waals surface area contributed by atoms with E-state index in [-0.39, 0.29) is 18.6 Å². The minimum absolute atomic E-state index is 0.0244. The van der Waals surface area contributed by atoms with Gasteiger partial charge in [0.25, 0.3) is 0 Å². The summed E-state index contributed by atoms with van der Waals surface area (Å²) >= 11 is 0. The van der Waals surface area contributed by atoms with Crippen LogP contribution in [-0.2, 0) is 4.79 Å². The van der Waals surface area contributed by atoms with Crippen LogP contribution in [-0.4, -0.2) is 30.7 Å². The van der Waals surface area contributed by atoms with Gasteiger partial charge < -0.3 is 14.8 Å². The van der Waals surface area contributed by atoms with E-state index in [1.807, 2.05) is 38.2 Å². The van der Waals surface area contributed by atoms with Crippen LogP contribution in [0.2, 0.25) is 0 Å². The number of hydrogen-bond acceptors (Lipinski definition) is 5. The van der Waals surface area contributed by atoms with Gasteiger partial charge in [0.05, 0.1) is 12.3 Å². The number of ketones is 1. The number of anilines is 1. The molecule has 0 saturated heterocycles. The number of benzene rings is 3. The van der Waals surface area contributed by atoms with E-state index in [1.54, 1.807) is 24.3 Å². The van der Waals surface area contributed by atoms with Crippen LogP contribution in [0, 0.1) is 0 Å². The molecule has 5 heteroatoms. The van der Waals surface area contributed by atoms with Gasteiger partial charge in [-0.25, -0.2) is 4.98 Å². The van der Waals surface area contributed by atoms with Crippen molar-refractivity contribution in [1.29, 1.82) is 0 Å². The average Bonchev–Trinajstić information content (AvgIpc) is 2.93. The van der Waals surface area contributed by atoms with E-state index in [0.29, 0.717) is 17.9 Å². The molecule has 3 aromatic carbocycles. The van der Waals surface area contributed by atoms with Crippen molar-refractivity contribution in [3.63, 3.8) is 0 Å². The molecule has 0 spiro atoms. The molecule has 1 heterocycles. The predicted molar refractivity (Wildman–Crippen MR) is 142 cm³/mol. The molecule has 178 valence electrons. The lowest BCUT2D eigenvalue weighted by Gasteiger charge is -2.09. The molecule has 0 saturated carbocycles. The van der Waals surface area contributed by atoms with Crippen molar-refractivity contribution in [2.75, 3.05) is 19.0 Å². The Bertz CT molecular complexity index is 1170. The highest BCUT2D eigenvalue weighted by atomic mass is 16.5. The second kappa shape index (κ2) is 13.5. The summed E-state index contributed by atoms with van der Waals surface area (Å²) < 4.78 is 5.28. The van der Waals surface area contributed by atoms with E-state index in [2.05, 4.69) is 58.8 Å². The molecule has 0 amide bonds. The van der Waals surface area contributed by atoms with E-state index >= 15 is 0 Å². The summed E-state index contributed by atoms with van der Waals surface area (Å²) in [5, 5.41) is 3.14. The predicted octanol–water partition coefficient (Wildman–Crippen LogP) is 6.70. The zero-order chi connectivity index (χ0) is 24.9. The van der Waals surface area contributed by atoms with Gasteiger partial charge in [0.2, 0.25) is 0 Å². The Kier molecular flexibility index (Phi) is 9.75. The molecule has 1 aromatic heterocycles. The Labute approximate surface area is 206 Å². The minimum atomic E-state index is -0.0244. The number of carbonyl (C=O) groups is 2. The first-order chi connectivity index (χ1) is 17.1. The summed E-state index contributed by atoms with van der Waals surface area (Å²) in [6.07, 6.45) is 1.29. The average molecular weight is 467 g/mol. The van der Waals surface area contributed by atoms with Gasteiger partial charge in [-0.1, -0.05) is 72.8 Å². The van der Waals surface area contributed by atoms with E-state index in [1.165, 1.54) is 11.1 Å². The summed E-state index contributed by atoms with van der Waals surface area (Å²) in [5.41, 5.74) is 5.08. The van der Waals surface area contributed by atoms with E-state index in [0.717, 1.165) is 23.4 Å². The topological polar surface area (TPSA) is 68.3 Å². The van der Waals surface area contributed by atoms with Crippen molar-refractivity contribution in [3.8, 4) is 28.1 Å². The standard InChI is InChI=1S/C18H16N2.C12H14O3/c1-19-18-13-16(14-8-4-2-5-9-14)12-17(20-18)15-10-6-3-7-11-15;1-2-15-11-6-3-5-10(9-11)12(14)7-4-8-13/h2-13H,1H3,(H,19,20);3,5-6,8-9H,2,4,7H2,1H3. The fraction of sp³-hybridized carbons (Fsp3) is 0.167. The number of Topliss-reactive ketones (excluding diaryl/α,β-unsaturated/α-hetero) is 1. The maximum Gasteiger partial charge on any atom is 0.163 e. The second-order valence-corrected chi connectivity index (χ2v) is 7.70. The van der Waals surface area contributed by atoms with Crippen LogP contribution in [0.4, 0.5) is 5.82 Å². The Hall–Kier alpha value is -4.25. The molecule has 0 radical (unpaired) electrons. The van der Waals surface area contributed by atoms with Crippen LogP contribution in [0.15, 0.2) is 97.1 Å². The first-order valence-corrected chi connectivity index (χ1v) is 11.6. The Morgan fingerprint density at radius 3 is 2.17 bits per heavy atom. The lowest BCUT2D eigenvalue weighted by Crippen LogP contribution is -2.00. The second-order valence-electron chi connectivity index (χ2n) is 7.70. The molecule has 0 atom stereocenters. The van der Waals surface area contributed by atoms with Crippen molar-refractivity contribution in [3.05, 3.63) is 103 Å². The molecule has 35 heavy (non-hydrogen) atoms. The summed E-state index contributed by atoms with van der Waals surface area (Å²) in [6, 6.07) is 31.8. The third-order valence-electron chi connectivity index (χ3n) is 5.21. The van der Waals surface area contributed by atoms with Gasteiger partial charge in [0.1, 0.15) is 17.9 Å². The van der Waals surface area contributed by atoms with E-state index in [9.17, 15) is 9.59 Å². The molecule has 0 aliphatic rings. The molecule has 5 nitrogen and oxygen atoms in total. The number of aldehydes is 1. The quantitative estimate of drug-likeness (QED) is 0.219. The van der Waals surface area contributed by atoms with Gasteiger partial charge >= 0.3 is 0 Å². The van der Waals surface area contributed by atoms with Gasteiger partial charge in [0.15, 0.2) is 5.78 Å². The normalized spacial score (nSPS) is 10.0. The fourth-order valence-electron chi connectivity index (χ4n) is 3.47. The molecule has 4 aromatic rings. The van der Waals surface area contributed by atoms with E-state index in [4.69, 9.17) is 4.74 Å². The number of nitrogens with zero attached hydrogens (tertiary/aromatic N) is 1. The SMILES string of the molecule is CCOc1cccc(C(=O)CCC=O)c1.CNc1cc(-c2ccccc2)cc(-c2ccccc2)n1. The molecule has 1 N–H and O–H groups in total. The van der Waals surface area contributed by atoms with Crippen LogP contribution in [0.5, 0.6) is 5.75 Å². The maximum atomic E-state index is 11.5. The number of nitrogens with one attached hydrogen (secondary N) is 1. The lowest BCUT2D eigenvalue weighted by atomic mass is 10.0. The third kappa shape index (κ3) is 7.64. The first kappa shape index (κ1) is 25.4. The van der Waals surface area contributed by atoms with Gasteiger partial charge in [0, 0.05) is 31.0 Å². The maximum absolute atomic E-state index is 11.5. The Balaban J connectivity index is 0.000000205. The van der Waals surface area contributed by atoms with Crippen molar-refractivity contribution in [2.24, 2.45) is 0 Å². The molecular weight excluding hydrogens is 436 g/mol. The summed E-state index contributed by atoms with van der Waals surface area (Å²) in [7, 11) is 1.89. The van der Waals surface area contributed by atoms with Crippen molar-refractivity contribution >= 4 is 17.9 Å². The van der Waals surface area contributed by atoms with Crippen LogP contribution < -0.4 is 10.1 Å². The largest absolute Gasteiger partial charge is 0.494 e. The molecule has 0 unspecified atom stereocenters. The van der Waals surface area contributed by atoms with Gasteiger partial charge in [-0.3, -0.25) is 4.79 Å². The Morgan fingerprint density at radius 2 is 1.54 bits per heavy atom. The molecular formula is C30H30N2O3. The first-order valence-electron chi connectivity index (χ1n) is 11.6. The molecule has 0 bridgehead atoms. The summed E-state index contributed by atoms with van der Waals surface area (Å²) in [4.78, 5) is 26.3. The van der Waals surface area contributed by atoms with Crippen molar-refractivity contribution in [2.45, 2.75) is 19.8 Å². The monoisotopic (exact) mass is 466 g/mol. The van der Waals surface area contributed by atoms with E-state index < -0.39 is 0 Å². The third-order valence-corrected chi connectivity index (χ3v) is 5.21. The van der Waals surface area contributed by atoms with Crippen LogP contribution in [0.3, 0.4) is 0 Å². The lowest BCUT2D eigenvalue weighted by molar-refractivity contribution is -0.107. The zero-order valence-electron chi connectivity index (χ0n) is 20.1. The van der Waals surface area contributed by atoms with Crippen molar-refractivity contribution in [1.82, 2.24) is 4.98 Å². The number of hydrogen-bond donors (Lipinski definition) is 1. The highest BCUT2D eigenvalue weighted by Crippen LogP contribution is 2.27. The van der Waals surface area contributed by atoms with Gasteiger partial charge in [-0.05, 0) is 42.3 Å². The summed E-state index contributed by atoms with van der Waals surface area (Å²) in [6.45, 7) is 2.47. The minimum Gasteiger partial charge on any atom is -0.494 e. The highest BCUT2D eigenvalue weighted by Gasteiger charge is 2.07. The van der Waals surface area contributed by atoms with Crippen LogP contribution in [0.1, 0.15) is 30.1 Å².